The van der Waals surface area contributed by atoms with Crippen LogP contribution in [0.15, 0.2) is 0 Å². The summed E-state index contributed by atoms with van der Waals surface area (Å²) in [6, 6.07) is 0.323. The Morgan fingerprint density at radius 3 is 2.59 bits per heavy atom. The molecule has 1 saturated carbocycles. The molecule has 1 aliphatic carbocycles. The molecule has 1 aliphatic heterocycles. The van der Waals surface area contributed by atoms with Gasteiger partial charge in [-0.1, -0.05) is 0 Å². The molecule has 1 heterocycles. The van der Waals surface area contributed by atoms with Crippen LogP contribution in [-0.4, -0.2) is 43.1 Å². The fourth-order valence-electron chi connectivity index (χ4n) is 2.34. The summed E-state index contributed by atoms with van der Waals surface area (Å²) in [6.45, 7) is 1.23. The first-order valence-corrected chi connectivity index (χ1v) is 6.34. The van der Waals surface area contributed by atoms with Crippen molar-refractivity contribution in [2.45, 2.75) is 38.1 Å². The third kappa shape index (κ3) is 2.90. The minimum atomic E-state index is -0.203. The summed E-state index contributed by atoms with van der Waals surface area (Å²) in [5.41, 5.74) is 0. The molecule has 17 heavy (non-hydrogen) atoms. The van der Waals surface area contributed by atoms with Crippen LogP contribution in [0.4, 0.5) is 4.79 Å². The van der Waals surface area contributed by atoms with E-state index in [9.17, 15) is 9.59 Å². The first-order valence-electron chi connectivity index (χ1n) is 6.34. The number of amides is 2. The molecule has 2 fully saturated rings. The van der Waals surface area contributed by atoms with E-state index in [0.717, 1.165) is 32.2 Å². The Bertz CT molecular complexity index is 302. The molecule has 1 N–H and O–H groups in total. The van der Waals surface area contributed by atoms with Crippen LogP contribution in [0.1, 0.15) is 32.1 Å². The predicted octanol–water partition coefficient (Wildman–Crippen LogP) is 1.13. The van der Waals surface area contributed by atoms with Gasteiger partial charge in [0.1, 0.15) is 0 Å². The molecule has 0 aromatic heterocycles. The van der Waals surface area contributed by atoms with Crippen LogP contribution in [0.3, 0.4) is 0 Å². The van der Waals surface area contributed by atoms with Crippen molar-refractivity contribution in [3.63, 3.8) is 0 Å². The summed E-state index contributed by atoms with van der Waals surface area (Å²) in [5, 5.41) is 3.00. The standard InChI is InChI=1S/C12H20N2O3/c1-17-11(15)9-4-3-7-14(8-9)12(16)13-10-5-2-6-10/h9-10H,2-8H2,1H3,(H,13,16). The van der Waals surface area contributed by atoms with Crippen LogP contribution in [0.5, 0.6) is 0 Å². The van der Waals surface area contributed by atoms with Crippen LogP contribution in [0.2, 0.25) is 0 Å². The van der Waals surface area contributed by atoms with Gasteiger partial charge >= 0.3 is 12.0 Å². The summed E-state index contributed by atoms with van der Waals surface area (Å²) in [7, 11) is 1.40. The molecule has 2 aliphatic rings. The molecular formula is C12H20N2O3. The monoisotopic (exact) mass is 240 g/mol. The molecule has 1 atom stereocenters. The summed E-state index contributed by atoms with van der Waals surface area (Å²) in [6.07, 6.45) is 5.06. The molecule has 96 valence electrons. The summed E-state index contributed by atoms with van der Waals surface area (Å²) < 4.78 is 4.73. The van der Waals surface area contributed by atoms with E-state index in [-0.39, 0.29) is 17.9 Å². The van der Waals surface area contributed by atoms with Gasteiger partial charge < -0.3 is 15.0 Å². The van der Waals surface area contributed by atoms with Crippen molar-refractivity contribution in [2.24, 2.45) is 5.92 Å². The van der Waals surface area contributed by atoms with Crippen molar-refractivity contribution < 1.29 is 14.3 Å². The van der Waals surface area contributed by atoms with Gasteiger partial charge in [0.2, 0.25) is 0 Å². The molecule has 2 amide bonds. The molecule has 0 radical (unpaired) electrons. The van der Waals surface area contributed by atoms with E-state index < -0.39 is 0 Å². The summed E-state index contributed by atoms with van der Waals surface area (Å²) >= 11 is 0. The molecule has 1 unspecified atom stereocenters. The number of carbonyl (C=O) groups excluding carboxylic acids is 2. The second-order valence-electron chi connectivity index (χ2n) is 4.89. The number of rotatable bonds is 2. The molecule has 5 nitrogen and oxygen atoms in total. The molecule has 0 aromatic rings. The third-order valence-electron chi connectivity index (χ3n) is 3.68. The van der Waals surface area contributed by atoms with Crippen LogP contribution in [0.25, 0.3) is 0 Å². The van der Waals surface area contributed by atoms with Crippen molar-refractivity contribution in [3.05, 3.63) is 0 Å². The van der Waals surface area contributed by atoms with Gasteiger partial charge in [-0.25, -0.2) is 4.79 Å². The van der Waals surface area contributed by atoms with Gasteiger partial charge in [-0.3, -0.25) is 4.79 Å². The van der Waals surface area contributed by atoms with Crippen LogP contribution >= 0.6 is 0 Å². The Hall–Kier alpha value is -1.26. The van der Waals surface area contributed by atoms with Gasteiger partial charge in [0.05, 0.1) is 13.0 Å². The van der Waals surface area contributed by atoms with E-state index in [0.29, 0.717) is 12.6 Å². The highest BCUT2D eigenvalue weighted by molar-refractivity contribution is 5.77. The van der Waals surface area contributed by atoms with E-state index in [1.54, 1.807) is 4.90 Å². The van der Waals surface area contributed by atoms with Crippen molar-refractivity contribution in [1.29, 1.82) is 0 Å². The topological polar surface area (TPSA) is 58.6 Å². The van der Waals surface area contributed by atoms with Crippen molar-refractivity contribution in [1.82, 2.24) is 10.2 Å². The highest BCUT2D eigenvalue weighted by atomic mass is 16.5. The number of methoxy groups -OCH3 is 1. The maximum Gasteiger partial charge on any atom is 0.317 e. The average molecular weight is 240 g/mol. The molecule has 0 bridgehead atoms. The van der Waals surface area contributed by atoms with Gasteiger partial charge in [0, 0.05) is 19.1 Å². The Morgan fingerprint density at radius 1 is 1.24 bits per heavy atom. The Kier molecular flexibility index (Phi) is 3.86. The lowest BCUT2D eigenvalue weighted by atomic mass is 9.93. The van der Waals surface area contributed by atoms with Gasteiger partial charge in [0.15, 0.2) is 0 Å². The summed E-state index contributed by atoms with van der Waals surface area (Å²) in [5.74, 6) is -0.355. The number of likely N-dealkylation sites (tertiary alicyclic amines) is 1. The van der Waals surface area contributed by atoms with Crippen molar-refractivity contribution in [3.8, 4) is 0 Å². The zero-order chi connectivity index (χ0) is 12.3. The molecule has 0 aromatic carbocycles. The van der Waals surface area contributed by atoms with Gasteiger partial charge in [-0.15, -0.1) is 0 Å². The second-order valence-corrected chi connectivity index (χ2v) is 4.89. The van der Waals surface area contributed by atoms with E-state index in [4.69, 9.17) is 4.74 Å². The lowest BCUT2D eigenvalue weighted by molar-refractivity contribution is -0.146. The molecular weight excluding hydrogens is 220 g/mol. The number of carbonyl (C=O) groups is 2. The van der Waals surface area contributed by atoms with Gasteiger partial charge in [-0.2, -0.15) is 0 Å². The predicted molar refractivity (Wildman–Crippen MR) is 62.5 cm³/mol. The normalized spacial score (nSPS) is 25.0. The first kappa shape index (κ1) is 12.2. The SMILES string of the molecule is COC(=O)C1CCCN(C(=O)NC2CCC2)C1. The fourth-order valence-corrected chi connectivity index (χ4v) is 2.34. The van der Waals surface area contributed by atoms with E-state index in [1.807, 2.05) is 0 Å². The number of piperidine rings is 1. The number of hydrogen-bond donors (Lipinski definition) is 1. The number of esters is 1. The molecule has 5 heteroatoms. The van der Waals surface area contributed by atoms with Crippen molar-refractivity contribution >= 4 is 12.0 Å². The Labute approximate surface area is 101 Å². The third-order valence-corrected chi connectivity index (χ3v) is 3.68. The lowest BCUT2D eigenvalue weighted by Crippen LogP contribution is -2.51. The van der Waals surface area contributed by atoms with Gasteiger partial charge in [0.25, 0.3) is 0 Å². The smallest absolute Gasteiger partial charge is 0.317 e. The van der Waals surface area contributed by atoms with Gasteiger partial charge in [-0.05, 0) is 32.1 Å². The highest BCUT2D eigenvalue weighted by Crippen LogP contribution is 2.21. The molecule has 1 saturated heterocycles. The Balaban J connectivity index is 1.83. The Morgan fingerprint density at radius 2 is 2.00 bits per heavy atom. The zero-order valence-electron chi connectivity index (χ0n) is 10.3. The van der Waals surface area contributed by atoms with E-state index in [1.165, 1.54) is 13.5 Å². The van der Waals surface area contributed by atoms with Crippen LogP contribution < -0.4 is 5.32 Å². The number of ether oxygens (including phenoxy) is 1. The largest absolute Gasteiger partial charge is 0.469 e. The number of nitrogens with zero attached hydrogens (tertiary/aromatic N) is 1. The highest BCUT2D eigenvalue weighted by Gasteiger charge is 2.30. The van der Waals surface area contributed by atoms with E-state index >= 15 is 0 Å². The lowest BCUT2D eigenvalue weighted by Gasteiger charge is -2.34. The van der Waals surface area contributed by atoms with Crippen LogP contribution in [-0.2, 0) is 9.53 Å². The minimum Gasteiger partial charge on any atom is -0.469 e. The second kappa shape index (κ2) is 5.38. The maximum atomic E-state index is 11.9. The molecule has 0 spiro atoms. The van der Waals surface area contributed by atoms with Crippen LogP contribution in [0, 0.1) is 5.92 Å². The summed E-state index contributed by atoms with van der Waals surface area (Å²) in [4.78, 5) is 25.1. The maximum absolute atomic E-state index is 11.9. The first-order chi connectivity index (χ1) is 8.20. The number of nitrogens with one attached hydrogen (secondary N) is 1. The minimum absolute atomic E-state index is 0.0247. The number of hydrogen-bond acceptors (Lipinski definition) is 3. The fraction of sp³-hybridized carbons (Fsp3) is 0.833. The van der Waals surface area contributed by atoms with Crippen molar-refractivity contribution in [2.75, 3.05) is 20.2 Å². The zero-order valence-corrected chi connectivity index (χ0v) is 10.3. The quantitative estimate of drug-likeness (QED) is 0.736. The molecule has 2 rings (SSSR count). The average Bonchev–Trinajstić information content (AvgIpc) is 2.32. The number of urea groups is 1. The van der Waals surface area contributed by atoms with E-state index in [2.05, 4.69) is 5.32 Å².